The van der Waals surface area contributed by atoms with Crippen LogP contribution in [0.4, 0.5) is 5.69 Å². The van der Waals surface area contributed by atoms with E-state index in [0.717, 1.165) is 32.1 Å². The number of Topliss-reactive ketones (excluding diaryl/α,β-unsaturated/α-hetero) is 1. The number of ketones is 1. The number of carbonyl (C=O) groups excluding carboxylic acids is 2. The van der Waals surface area contributed by atoms with E-state index in [1.54, 1.807) is 13.0 Å². The molecule has 186 valence electrons. The monoisotopic (exact) mass is 482 g/mol. The minimum atomic E-state index is -0.931. The zero-order valence-electron chi connectivity index (χ0n) is 20.3. The first-order valence-corrected chi connectivity index (χ1v) is 12.2. The summed E-state index contributed by atoms with van der Waals surface area (Å²) in [5.74, 6) is -1.81. The molecule has 4 aliphatic rings. The molecule has 1 saturated carbocycles. The number of esters is 1. The Labute approximate surface area is 203 Å². The van der Waals surface area contributed by atoms with E-state index in [1.807, 2.05) is 13.8 Å². The van der Waals surface area contributed by atoms with E-state index in [-0.39, 0.29) is 47.5 Å². The molecule has 0 aromatic heterocycles. The van der Waals surface area contributed by atoms with Crippen LogP contribution in [0.25, 0.3) is 0 Å². The van der Waals surface area contributed by atoms with Crippen molar-refractivity contribution in [2.45, 2.75) is 77.7 Å². The number of carbonyl (C=O) groups is 2. The number of hydrogen-bond donors (Lipinski definition) is 0. The highest BCUT2D eigenvalue weighted by Gasteiger charge is 2.48. The van der Waals surface area contributed by atoms with Crippen molar-refractivity contribution in [2.24, 2.45) is 16.3 Å². The molecule has 35 heavy (non-hydrogen) atoms. The number of benzene rings is 1. The van der Waals surface area contributed by atoms with Gasteiger partial charge in [0.05, 0.1) is 11.0 Å². The Morgan fingerprint density at radius 3 is 2.51 bits per heavy atom. The standard InChI is InChI=1S/C26H30N2O7/c1-14-22(25(30)35-15-7-5-4-6-8-15)23(24-17(27-14)11-26(2,3)12-19(24)29)16-9-20-21(34-13-33-20)10-18(16)28(31)32/h9-10,15,22-23H,4-8,11-13H2,1-3H3/t22?,23-/m0/s1. The Morgan fingerprint density at radius 1 is 1.14 bits per heavy atom. The number of hydrogen-bond acceptors (Lipinski definition) is 8. The zero-order chi connectivity index (χ0) is 24.9. The molecule has 0 N–H and O–H groups in total. The lowest BCUT2D eigenvalue weighted by atomic mass is 9.66. The van der Waals surface area contributed by atoms with Gasteiger partial charge in [0.2, 0.25) is 6.79 Å². The van der Waals surface area contributed by atoms with Crippen LogP contribution in [0, 0.1) is 21.4 Å². The van der Waals surface area contributed by atoms with Gasteiger partial charge >= 0.3 is 5.97 Å². The van der Waals surface area contributed by atoms with Crippen molar-refractivity contribution in [2.75, 3.05) is 6.79 Å². The summed E-state index contributed by atoms with van der Waals surface area (Å²) in [5, 5.41) is 12.1. The normalized spacial score (nSPS) is 25.7. The Morgan fingerprint density at radius 2 is 1.83 bits per heavy atom. The van der Waals surface area contributed by atoms with Gasteiger partial charge in [-0.05, 0) is 50.5 Å². The second-order valence-electron chi connectivity index (χ2n) is 10.7. The molecule has 2 heterocycles. The smallest absolute Gasteiger partial charge is 0.315 e. The number of nitro benzene ring substituents is 1. The summed E-state index contributed by atoms with van der Waals surface area (Å²) in [4.78, 5) is 43.5. The number of nitro groups is 1. The van der Waals surface area contributed by atoms with Gasteiger partial charge in [-0.25, -0.2) is 0 Å². The van der Waals surface area contributed by atoms with Gasteiger partial charge in [-0.1, -0.05) is 20.3 Å². The molecule has 0 spiro atoms. The maximum atomic E-state index is 13.6. The third-order valence-corrected chi connectivity index (χ3v) is 7.44. The van der Waals surface area contributed by atoms with E-state index in [2.05, 4.69) is 0 Å². The molecule has 1 unspecified atom stereocenters. The van der Waals surface area contributed by atoms with Crippen LogP contribution in [-0.2, 0) is 14.3 Å². The van der Waals surface area contributed by atoms with E-state index in [0.29, 0.717) is 29.2 Å². The summed E-state index contributed by atoms with van der Waals surface area (Å²) in [6, 6.07) is 2.86. The fourth-order valence-electron chi connectivity index (χ4n) is 5.86. The number of aliphatic imine (C=N–C) groups is 1. The summed E-state index contributed by atoms with van der Waals surface area (Å²) in [6.07, 6.45) is 5.34. The number of fused-ring (bicyclic) bond motifs is 1. The van der Waals surface area contributed by atoms with Crippen molar-refractivity contribution in [1.29, 1.82) is 0 Å². The van der Waals surface area contributed by atoms with Crippen molar-refractivity contribution in [3.8, 4) is 11.5 Å². The molecule has 2 aliphatic carbocycles. The largest absolute Gasteiger partial charge is 0.462 e. The van der Waals surface area contributed by atoms with E-state index in [9.17, 15) is 19.7 Å². The summed E-state index contributed by atoms with van der Waals surface area (Å²) in [5.41, 5.74) is 1.23. The third kappa shape index (κ3) is 4.32. The first-order valence-electron chi connectivity index (χ1n) is 12.2. The molecule has 1 fully saturated rings. The predicted molar refractivity (Wildman–Crippen MR) is 127 cm³/mol. The Kier molecular flexibility index (Phi) is 5.89. The van der Waals surface area contributed by atoms with Gasteiger partial charge < -0.3 is 14.2 Å². The lowest BCUT2D eigenvalue weighted by Gasteiger charge is -2.39. The van der Waals surface area contributed by atoms with Crippen LogP contribution in [0.1, 0.15) is 77.2 Å². The zero-order valence-corrected chi connectivity index (χ0v) is 20.3. The highest BCUT2D eigenvalue weighted by atomic mass is 16.7. The van der Waals surface area contributed by atoms with Gasteiger partial charge in [-0.2, -0.15) is 0 Å². The molecule has 9 heteroatoms. The summed E-state index contributed by atoms with van der Waals surface area (Å²) in [6.45, 7) is 5.70. The second-order valence-corrected chi connectivity index (χ2v) is 10.7. The fourth-order valence-corrected chi connectivity index (χ4v) is 5.86. The summed E-state index contributed by atoms with van der Waals surface area (Å²) in [7, 11) is 0. The van der Waals surface area contributed by atoms with Gasteiger partial charge in [0.1, 0.15) is 12.0 Å². The lowest BCUT2D eigenvalue weighted by Crippen LogP contribution is -2.40. The molecule has 2 aliphatic heterocycles. The van der Waals surface area contributed by atoms with E-state index < -0.39 is 22.7 Å². The van der Waals surface area contributed by atoms with Crippen LogP contribution in [0.3, 0.4) is 0 Å². The average molecular weight is 483 g/mol. The molecule has 0 radical (unpaired) electrons. The molecule has 1 aromatic carbocycles. The summed E-state index contributed by atoms with van der Waals surface area (Å²) >= 11 is 0. The predicted octanol–water partition coefficient (Wildman–Crippen LogP) is 5.02. The maximum Gasteiger partial charge on any atom is 0.315 e. The van der Waals surface area contributed by atoms with Crippen molar-refractivity contribution < 1.29 is 28.7 Å². The van der Waals surface area contributed by atoms with Crippen molar-refractivity contribution in [1.82, 2.24) is 0 Å². The molecule has 9 nitrogen and oxygen atoms in total. The van der Waals surface area contributed by atoms with Gasteiger partial charge in [-0.3, -0.25) is 24.7 Å². The van der Waals surface area contributed by atoms with E-state index in [1.165, 1.54) is 6.07 Å². The Balaban J connectivity index is 1.65. The maximum absolute atomic E-state index is 13.6. The highest BCUT2D eigenvalue weighted by Crippen LogP contribution is 2.51. The Bertz CT molecular complexity index is 1160. The lowest BCUT2D eigenvalue weighted by molar-refractivity contribution is -0.385. The van der Waals surface area contributed by atoms with Gasteiger partial charge in [0.25, 0.3) is 5.69 Å². The molecule has 0 saturated heterocycles. The average Bonchev–Trinajstić information content (AvgIpc) is 3.24. The number of nitrogens with zero attached hydrogens (tertiary/aromatic N) is 2. The molecular formula is C26H30N2O7. The molecule has 0 bridgehead atoms. The van der Waals surface area contributed by atoms with Crippen LogP contribution in [0.15, 0.2) is 28.4 Å². The van der Waals surface area contributed by atoms with Crippen molar-refractivity contribution >= 4 is 23.2 Å². The molecule has 5 rings (SSSR count). The van der Waals surface area contributed by atoms with Crippen LogP contribution < -0.4 is 9.47 Å². The van der Waals surface area contributed by atoms with Gasteiger partial charge in [0, 0.05) is 34.9 Å². The molecular weight excluding hydrogens is 452 g/mol. The molecule has 2 atom stereocenters. The van der Waals surface area contributed by atoms with E-state index in [4.69, 9.17) is 19.2 Å². The van der Waals surface area contributed by atoms with Gasteiger partial charge in [0.15, 0.2) is 17.3 Å². The second kappa shape index (κ2) is 8.77. The summed E-state index contributed by atoms with van der Waals surface area (Å²) < 4.78 is 16.8. The Hall–Kier alpha value is -3.23. The van der Waals surface area contributed by atoms with Gasteiger partial charge in [-0.15, -0.1) is 0 Å². The van der Waals surface area contributed by atoms with Crippen LogP contribution in [-0.4, -0.2) is 35.3 Å². The first kappa shape index (κ1) is 23.5. The number of ether oxygens (including phenoxy) is 3. The number of rotatable bonds is 4. The van der Waals surface area contributed by atoms with Crippen LogP contribution in [0.2, 0.25) is 0 Å². The van der Waals surface area contributed by atoms with E-state index >= 15 is 0 Å². The number of allylic oxidation sites excluding steroid dienone is 2. The minimum absolute atomic E-state index is 0.0463. The fraction of sp³-hybridized carbons (Fsp3) is 0.577. The van der Waals surface area contributed by atoms with Crippen molar-refractivity contribution in [3.05, 3.63) is 39.1 Å². The quantitative estimate of drug-likeness (QED) is 0.336. The minimum Gasteiger partial charge on any atom is -0.462 e. The SMILES string of the molecule is CC1=NC2=C(C(=O)CC(C)(C)C2)[C@@H](c2cc3c(cc2[N+](=O)[O-])OCO3)C1C(=O)OC1CCCCC1. The third-order valence-electron chi connectivity index (χ3n) is 7.44. The molecule has 0 amide bonds. The van der Waals surface area contributed by atoms with Crippen molar-refractivity contribution in [3.63, 3.8) is 0 Å². The van der Waals surface area contributed by atoms with Crippen LogP contribution >= 0.6 is 0 Å². The first-order chi connectivity index (χ1) is 16.6. The highest BCUT2D eigenvalue weighted by molar-refractivity contribution is 6.09. The van der Waals surface area contributed by atoms with Crippen LogP contribution in [0.5, 0.6) is 11.5 Å². The molecule has 1 aromatic rings. The topological polar surface area (TPSA) is 117 Å².